The summed E-state index contributed by atoms with van der Waals surface area (Å²) in [7, 11) is 0. The maximum atomic E-state index is 2.53. The first-order chi connectivity index (χ1) is 35.6. The first-order valence-corrected chi connectivity index (χ1v) is 25.1. The molecule has 16 aromatic carbocycles. The van der Waals surface area contributed by atoms with Crippen LogP contribution in [0, 0.1) is 0 Å². The summed E-state index contributed by atoms with van der Waals surface area (Å²) in [5, 5.41) is 29.8. The Kier molecular flexibility index (Phi) is 8.26. The molecule has 0 nitrogen and oxygen atoms in total. The lowest BCUT2D eigenvalue weighted by Gasteiger charge is -2.20. The summed E-state index contributed by atoms with van der Waals surface area (Å²) in [5.74, 6) is 0. The number of hydrogen-bond acceptors (Lipinski definition) is 0. The van der Waals surface area contributed by atoms with E-state index < -0.39 is 0 Å². The van der Waals surface area contributed by atoms with Crippen LogP contribution in [0.5, 0.6) is 0 Å². The monoisotopic (exact) mass is 906 g/mol. The molecule has 0 amide bonds. The van der Waals surface area contributed by atoms with E-state index in [1.807, 2.05) is 0 Å². The van der Waals surface area contributed by atoms with Crippen molar-refractivity contribution in [2.45, 2.75) is 0 Å². The highest BCUT2D eigenvalue weighted by atomic mass is 14.2. The molecule has 72 heavy (non-hydrogen) atoms. The molecule has 16 rings (SSSR count). The second-order valence-corrected chi connectivity index (χ2v) is 20.1. The van der Waals surface area contributed by atoms with Crippen molar-refractivity contribution in [1.29, 1.82) is 0 Å². The molecule has 0 aromatic heterocycles. The molecule has 0 N–H and O–H groups in total. The number of fused-ring (bicyclic) bond motifs is 12. The largest absolute Gasteiger partial charge is 0.0616 e. The molecule has 0 heteroatoms. The molecule has 0 saturated carbocycles. The van der Waals surface area contributed by atoms with Gasteiger partial charge in [-0.2, -0.15) is 0 Å². The van der Waals surface area contributed by atoms with Crippen LogP contribution < -0.4 is 0 Å². The van der Waals surface area contributed by atoms with Crippen LogP contribution in [0.1, 0.15) is 0 Å². The SMILES string of the molecule is c1ccc2cc3c(-c4cc(-c5c6cc7ccccc7cc6cc6cc7ccccc7cc56)cc(-c5c6cc7ccccc7cc6cc6cc7ccccc7cc56)c4)c4cc5ccccc5cc4cc3cc2c1. The second-order valence-electron chi connectivity index (χ2n) is 20.1. The molecular weight excluding hydrogens is 865 g/mol. The van der Waals surface area contributed by atoms with E-state index in [2.05, 4.69) is 255 Å². The molecule has 0 aliphatic rings. The van der Waals surface area contributed by atoms with Crippen LogP contribution in [0.15, 0.2) is 255 Å². The Hall–Kier alpha value is -9.36. The fraction of sp³-hybridized carbons (Fsp3) is 0. The van der Waals surface area contributed by atoms with Gasteiger partial charge in [0, 0.05) is 0 Å². The minimum absolute atomic E-state index is 1.20. The Morgan fingerprint density at radius 3 is 0.431 bits per heavy atom. The lowest BCUT2D eigenvalue weighted by molar-refractivity contribution is 1.65. The Labute approximate surface area is 415 Å². The van der Waals surface area contributed by atoms with E-state index in [1.54, 1.807) is 0 Å². The second kappa shape index (κ2) is 15.1. The van der Waals surface area contributed by atoms with Crippen LogP contribution >= 0.6 is 0 Å². The van der Waals surface area contributed by atoms with Gasteiger partial charge in [0.2, 0.25) is 0 Å². The summed E-state index contributed by atoms with van der Waals surface area (Å²) >= 11 is 0. The summed E-state index contributed by atoms with van der Waals surface area (Å²) in [6.45, 7) is 0. The van der Waals surface area contributed by atoms with E-state index in [4.69, 9.17) is 0 Å². The van der Waals surface area contributed by atoms with E-state index in [9.17, 15) is 0 Å². The number of benzene rings is 16. The smallest absolute Gasteiger partial charge is 0.00259 e. The van der Waals surface area contributed by atoms with Crippen molar-refractivity contribution in [1.82, 2.24) is 0 Å². The van der Waals surface area contributed by atoms with Crippen LogP contribution in [0.25, 0.3) is 163 Å². The van der Waals surface area contributed by atoms with Crippen LogP contribution in [0.2, 0.25) is 0 Å². The van der Waals surface area contributed by atoms with Crippen molar-refractivity contribution >= 4 is 129 Å². The summed E-state index contributed by atoms with van der Waals surface area (Å²) in [6.07, 6.45) is 0. The molecule has 0 bridgehead atoms. The van der Waals surface area contributed by atoms with E-state index in [1.165, 1.54) is 163 Å². The van der Waals surface area contributed by atoms with Gasteiger partial charge < -0.3 is 0 Å². The van der Waals surface area contributed by atoms with E-state index in [0.29, 0.717) is 0 Å². The summed E-state index contributed by atoms with van der Waals surface area (Å²) < 4.78 is 0. The highest BCUT2D eigenvalue weighted by molar-refractivity contribution is 6.23. The Morgan fingerprint density at radius 2 is 0.264 bits per heavy atom. The van der Waals surface area contributed by atoms with Gasteiger partial charge in [0.25, 0.3) is 0 Å². The van der Waals surface area contributed by atoms with Crippen molar-refractivity contribution in [3.8, 4) is 33.4 Å². The Bertz CT molecular complexity index is 4240. The van der Waals surface area contributed by atoms with Gasteiger partial charge >= 0.3 is 0 Å². The van der Waals surface area contributed by atoms with Crippen molar-refractivity contribution in [2.75, 3.05) is 0 Å². The lowest BCUT2D eigenvalue weighted by Crippen LogP contribution is -1.93. The van der Waals surface area contributed by atoms with E-state index >= 15 is 0 Å². The van der Waals surface area contributed by atoms with Gasteiger partial charge in [-0.05, 0) is 272 Å². The standard InChI is InChI=1S/C72H42/c1-7-19-49-37-64-55(25-43(49)13-1)31-56-26-44-14-2-8-20-50(44)38-65(56)70(64)61-34-62(71-66-39-51-21-9-3-15-45(51)27-57(66)32-58-28-46-16-4-10-22-52(46)40-67(58)71)36-63(35-61)72-68-41-53-23-11-5-17-47(53)29-59(68)33-60-30-48-18-6-12-24-54(48)42-69(60)72/h1-42H. The number of rotatable bonds is 3. The van der Waals surface area contributed by atoms with Crippen LogP contribution in [-0.2, 0) is 0 Å². The van der Waals surface area contributed by atoms with Gasteiger partial charge in [0.15, 0.2) is 0 Å². The van der Waals surface area contributed by atoms with Crippen molar-refractivity contribution in [3.05, 3.63) is 255 Å². The average molecular weight is 907 g/mol. The van der Waals surface area contributed by atoms with Gasteiger partial charge in [-0.3, -0.25) is 0 Å². The van der Waals surface area contributed by atoms with E-state index in [-0.39, 0.29) is 0 Å². The average Bonchev–Trinajstić information content (AvgIpc) is 3.42. The zero-order chi connectivity index (χ0) is 47.0. The Balaban J connectivity index is 1.13. The molecule has 0 heterocycles. The molecule has 0 saturated heterocycles. The van der Waals surface area contributed by atoms with Crippen molar-refractivity contribution < 1.29 is 0 Å². The predicted molar refractivity (Wildman–Crippen MR) is 313 cm³/mol. The highest BCUT2D eigenvalue weighted by Gasteiger charge is 2.21. The maximum absolute atomic E-state index is 2.53. The third-order valence-corrected chi connectivity index (χ3v) is 15.9. The summed E-state index contributed by atoms with van der Waals surface area (Å²) in [5.41, 5.74) is 7.35. The van der Waals surface area contributed by atoms with Crippen LogP contribution in [0.4, 0.5) is 0 Å². The lowest BCUT2D eigenvalue weighted by atomic mass is 9.83. The number of hydrogen-bond donors (Lipinski definition) is 0. The first-order valence-electron chi connectivity index (χ1n) is 25.1. The fourth-order valence-corrected chi connectivity index (χ4v) is 12.5. The summed E-state index contributed by atoms with van der Waals surface area (Å²) in [6, 6.07) is 96.9. The van der Waals surface area contributed by atoms with Crippen molar-refractivity contribution in [3.63, 3.8) is 0 Å². The van der Waals surface area contributed by atoms with Gasteiger partial charge in [0.05, 0.1) is 0 Å². The molecule has 0 fully saturated rings. The quantitative estimate of drug-likeness (QED) is 0.155. The van der Waals surface area contributed by atoms with Gasteiger partial charge in [0.1, 0.15) is 0 Å². The molecule has 330 valence electrons. The molecule has 16 aromatic rings. The molecule has 0 atom stereocenters. The van der Waals surface area contributed by atoms with Gasteiger partial charge in [-0.25, -0.2) is 0 Å². The van der Waals surface area contributed by atoms with Crippen molar-refractivity contribution in [2.24, 2.45) is 0 Å². The molecule has 0 spiro atoms. The third-order valence-electron chi connectivity index (χ3n) is 15.9. The molecule has 0 radical (unpaired) electrons. The zero-order valence-electron chi connectivity index (χ0n) is 39.2. The topological polar surface area (TPSA) is 0 Å². The Morgan fingerprint density at radius 1 is 0.125 bits per heavy atom. The fourth-order valence-electron chi connectivity index (χ4n) is 12.5. The molecule has 0 unspecified atom stereocenters. The minimum atomic E-state index is 1.20. The van der Waals surface area contributed by atoms with E-state index in [0.717, 1.165) is 0 Å². The minimum Gasteiger partial charge on any atom is -0.0616 e. The first kappa shape index (κ1) is 39.5. The molecule has 0 aliphatic heterocycles. The van der Waals surface area contributed by atoms with Crippen LogP contribution in [0.3, 0.4) is 0 Å². The third kappa shape index (κ3) is 6.06. The summed E-state index contributed by atoms with van der Waals surface area (Å²) in [4.78, 5) is 0. The van der Waals surface area contributed by atoms with Crippen LogP contribution in [-0.4, -0.2) is 0 Å². The predicted octanol–water partition coefficient (Wildman–Crippen LogP) is 20.5. The maximum Gasteiger partial charge on any atom is -0.00259 e. The molecular formula is C72H42. The molecule has 0 aliphatic carbocycles. The normalized spacial score (nSPS) is 12.2. The van der Waals surface area contributed by atoms with Gasteiger partial charge in [-0.15, -0.1) is 0 Å². The van der Waals surface area contributed by atoms with Gasteiger partial charge in [-0.1, -0.05) is 146 Å². The highest BCUT2D eigenvalue weighted by Crippen LogP contribution is 2.48. The zero-order valence-corrected chi connectivity index (χ0v) is 39.2.